The van der Waals surface area contributed by atoms with Crippen LogP contribution in [0.25, 0.3) is 0 Å². The molecule has 0 bridgehead atoms. The largest absolute Gasteiger partial charge is 0.477 e. The Kier molecular flexibility index (Phi) is 6.06. The molecule has 4 atom stereocenters. The normalized spacial score (nSPS) is 31.8. The van der Waals surface area contributed by atoms with E-state index in [-0.39, 0.29) is 11.3 Å². The molecule has 4 heterocycles. The third-order valence-corrected chi connectivity index (χ3v) is 9.24. The number of piperidine rings is 1. The molecule has 3 fully saturated rings. The van der Waals surface area contributed by atoms with Gasteiger partial charge in [0.1, 0.15) is 0 Å². The highest BCUT2D eigenvalue weighted by Gasteiger charge is 2.53. The lowest BCUT2D eigenvalue weighted by Crippen LogP contribution is -2.55. The number of ether oxygens (including phenoxy) is 1. The van der Waals surface area contributed by atoms with Crippen molar-refractivity contribution in [2.45, 2.75) is 68.7 Å². The van der Waals surface area contributed by atoms with Crippen molar-refractivity contribution >= 4 is 5.91 Å². The van der Waals surface area contributed by atoms with Crippen molar-refractivity contribution in [3.05, 3.63) is 59.8 Å². The molecule has 180 valence electrons. The minimum Gasteiger partial charge on any atom is -0.477 e. The van der Waals surface area contributed by atoms with E-state index in [4.69, 9.17) is 4.74 Å². The van der Waals surface area contributed by atoms with Crippen LogP contribution in [0, 0.1) is 11.8 Å². The number of benzene rings is 1. The minimum atomic E-state index is -0.202. The Morgan fingerprint density at radius 2 is 1.91 bits per heavy atom. The lowest BCUT2D eigenvalue weighted by Gasteiger charge is -2.47. The summed E-state index contributed by atoms with van der Waals surface area (Å²) in [5, 5.41) is 3.59. The number of pyridine rings is 1. The van der Waals surface area contributed by atoms with Crippen molar-refractivity contribution in [1.29, 1.82) is 0 Å². The fourth-order valence-electron chi connectivity index (χ4n) is 7.44. The molecular weight excluding hydrogens is 422 g/mol. The number of carbonyl (C=O) groups excluding carboxylic acids is 1. The van der Waals surface area contributed by atoms with Crippen LogP contribution in [0.4, 0.5) is 0 Å². The molecule has 5 heteroatoms. The average Bonchev–Trinajstić information content (AvgIpc) is 3.33. The average molecular weight is 460 g/mol. The SMILES string of the molecule is O=C([C@@H]1CNC[C@]12CCOc1ncccc12)N1CC[C@@H](c2ccccc2)C[C@H]1C1CCCCC1. The van der Waals surface area contributed by atoms with Crippen LogP contribution in [0.3, 0.4) is 0 Å². The van der Waals surface area contributed by atoms with E-state index in [9.17, 15) is 4.79 Å². The molecule has 6 rings (SSSR count). The van der Waals surface area contributed by atoms with E-state index < -0.39 is 0 Å². The maximum absolute atomic E-state index is 14.4. The second-order valence-corrected chi connectivity index (χ2v) is 10.9. The van der Waals surface area contributed by atoms with E-state index in [1.807, 2.05) is 6.07 Å². The summed E-state index contributed by atoms with van der Waals surface area (Å²) in [6.07, 6.45) is 11.3. The Morgan fingerprint density at radius 3 is 2.76 bits per heavy atom. The standard InChI is InChI=1S/C29H37N3O2/c33-28(25-19-30-20-29(25)14-17-34-27-24(29)12-7-15-31-27)32-16-13-23(21-8-3-1-4-9-21)18-26(32)22-10-5-2-6-11-22/h1,3-4,7-9,12,15,22-23,25-26,30H,2,5-6,10-11,13-14,16-20H2/t23-,25+,26+,29+/m1/s1. The Morgan fingerprint density at radius 1 is 1.06 bits per heavy atom. The summed E-state index contributed by atoms with van der Waals surface area (Å²) in [5.74, 6) is 2.24. The number of aromatic nitrogens is 1. The summed E-state index contributed by atoms with van der Waals surface area (Å²) < 4.78 is 5.90. The monoisotopic (exact) mass is 459 g/mol. The van der Waals surface area contributed by atoms with Crippen molar-refractivity contribution in [2.24, 2.45) is 11.8 Å². The van der Waals surface area contributed by atoms with E-state index in [0.29, 0.717) is 30.4 Å². The molecule has 1 aromatic carbocycles. The quantitative estimate of drug-likeness (QED) is 0.724. The van der Waals surface area contributed by atoms with Gasteiger partial charge in [-0.25, -0.2) is 4.98 Å². The first-order chi connectivity index (χ1) is 16.8. The van der Waals surface area contributed by atoms with Gasteiger partial charge >= 0.3 is 0 Å². The van der Waals surface area contributed by atoms with E-state index in [1.54, 1.807) is 6.20 Å². The second-order valence-electron chi connectivity index (χ2n) is 10.9. The molecule has 5 nitrogen and oxygen atoms in total. The van der Waals surface area contributed by atoms with Gasteiger partial charge in [0.2, 0.25) is 11.8 Å². The smallest absolute Gasteiger partial charge is 0.228 e. The van der Waals surface area contributed by atoms with Crippen LogP contribution < -0.4 is 10.1 Å². The molecule has 2 aromatic rings. The Bertz CT molecular complexity index is 1010. The van der Waals surface area contributed by atoms with E-state index in [2.05, 4.69) is 51.6 Å². The first kappa shape index (κ1) is 22.1. The molecule has 0 unspecified atom stereocenters. The summed E-state index contributed by atoms with van der Waals surface area (Å²) >= 11 is 0. The number of likely N-dealkylation sites (tertiary alicyclic amines) is 1. The van der Waals surface area contributed by atoms with Gasteiger partial charge in [-0.2, -0.15) is 0 Å². The first-order valence-electron chi connectivity index (χ1n) is 13.4. The molecule has 2 saturated heterocycles. The highest BCUT2D eigenvalue weighted by molar-refractivity contribution is 5.82. The fourth-order valence-corrected chi connectivity index (χ4v) is 7.44. The van der Waals surface area contributed by atoms with Gasteiger partial charge in [-0.3, -0.25) is 4.79 Å². The number of nitrogens with zero attached hydrogens (tertiary/aromatic N) is 2. The summed E-state index contributed by atoms with van der Waals surface area (Å²) in [4.78, 5) is 21.2. The summed E-state index contributed by atoms with van der Waals surface area (Å²) in [5.41, 5.74) is 2.36. The van der Waals surface area contributed by atoms with Crippen molar-refractivity contribution in [2.75, 3.05) is 26.2 Å². The van der Waals surface area contributed by atoms with Crippen molar-refractivity contribution in [1.82, 2.24) is 15.2 Å². The fraction of sp³-hybridized carbons (Fsp3) is 0.586. The van der Waals surface area contributed by atoms with Crippen molar-refractivity contribution in [3.63, 3.8) is 0 Å². The minimum absolute atomic E-state index is 0.0429. The number of hydrogen-bond acceptors (Lipinski definition) is 4. The van der Waals surface area contributed by atoms with Crippen LogP contribution in [0.1, 0.15) is 68.4 Å². The summed E-state index contributed by atoms with van der Waals surface area (Å²) in [7, 11) is 0. The molecule has 1 N–H and O–H groups in total. The molecule has 1 saturated carbocycles. The van der Waals surface area contributed by atoms with Gasteiger partial charge in [-0.05, 0) is 55.6 Å². The Labute approximate surface area is 203 Å². The van der Waals surface area contributed by atoms with Crippen molar-refractivity contribution < 1.29 is 9.53 Å². The number of rotatable bonds is 3. The molecule has 3 aliphatic heterocycles. The molecular formula is C29H37N3O2. The number of carbonyl (C=O) groups is 1. The number of hydrogen-bond donors (Lipinski definition) is 1. The predicted octanol–water partition coefficient (Wildman–Crippen LogP) is 4.68. The molecule has 0 radical (unpaired) electrons. The van der Waals surface area contributed by atoms with Gasteiger partial charge in [0, 0.05) is 42.9 Å². The van der Waals surface area contributed by atoms with E-state index in [1.165, 1.54) is 37.7 Å². The summed E-state index contributed by atoms with van der Waals surface area (Å²) in [6, 6.07) is 15.5. The molecule has 1 spiro atoms. The maximum atomic E-state index is 14.4. The summed E-state index contributed by atoms with van der Waals surface area (Å²) in [6.45, 7) is 3.10. The molecule has 1 aromatic heterocycles. The Hall–Kier alpha value is -2.40. The second kappa shape index (κ2) is 9.33. The van der Waals surface area contributed by atoms with Crippen LogP contribution in [0.2, 0.25) is 0 Å². The van der Waals surface area contributed by atoms with Gasteiger partial charge in [-0.15, -0.1) is 0 Å². The van der Waals surface area contributed by atoms with Crippen LogP contribution in [-0.2, 0) is 10.2 Å². The van der Waals surface area contributed by atoms with Crippen LogP contribution >= 0.6 is 0 Å². The third kappa shape index (κ3) is 3.82. The van der Waals surface area contributed by atoms with Gasteiger partial charge in [0.15, 0.2) is 0 Å². The highest BCUT2D eigenvalue weighted by atomic mass is 16.5. The highest BCUT2D eigenvalue weighted by Crippen LogP contribution is 2.47. The number of fused-ring (bicyclic) bond motifs is 2. The molecule has 34 heavy (non-hydrogen) atoms. The molecule has 1 amide bonds. The van der Waals surface area contributed by atoms with E-state index in [0.717, 1.165) is 50.3 Å². The van der Waals surface area contributed by atoms with Crippen LogP contribution in [0.5, 0.6) is 5.88 Å². The maximum Gasteiger partial charge on any atom is 0.228 e. The van der Waals surface area contributed by atoms with E-state index >= 15 is 0 Å². The lowest BCUT2D eigenvalue weighted by molar-refractivity contribution is -0.143. The molecule has 4 aliphatic rings. The number of amides is 1. The molecule has 1 aliphatic carbocycles. The first-order valence-corrected chi connectivity index (χ1v) is 13.4. The zero-order valence-corrected chi connectivity index (χ0v) is 20.1. The van der Waals surface area contributed by atoms with Crippen LogP contribution in [0.15, 0.2) is 48.7 Å². The zero-order valence-electron chi connectivity index (χ0n) is 20.1. The topological polar surface area (TPSA) is 54.5 Å². The van der Waals surface area contributed by atoms with Gasteiger partial charge in [0.05, 0.1) is 12.5 Å². The third-order valence-electron chi connectivity index (χ3n) is 9.24. The Balaban J connectivity index is 1.30. The van der Waals surface area contributed by atoms with Crippen molar-refractivity contribution in [3.8, 4) is 5.88 Å². The number of nitrogens with one attached hydrogen (secondary N) is 1. The van der Waals surface area contributed by atoms with Gasteiger partial charge < -0.3 is 15.0 Å². The van der Waals surface area contributed by atoms with Gasteiger partial charge in [-0.1, -0.05) is 55.7 Å². The zero-order chi connectivity index (χ0) is 23.0. The lowest BCUT2D eigenvalue weighted by atomic mass is 9.68. The predicted molar refractivity (Wildman–Crippen MR) is 133 cm³/mol. The van der Waals surface area contributed by atoms with Crippen LogP contribution in [-0.4, -0.2) is 48.1 Å². The van der Waals surface area contributed by atoms with Gasteiger partial charge in [0.25, 0.3) is 0 Å².